The van der Waals surface area contributed by atoms with Crippen molar-refractivity contribution >= 4 is 23.2 Å². The maximum atomic E-state index is 12.1. The van der Waals surface area contributed by atoms with Gasteiger partial charge in [-0.1, -0.05) is 41.4 Å². The quantitative estimate of drug-likeness (QED) is 0.730. The summed E-state index contributed by atoms with van der Waals surface area (Å²) in [5.41, 5.74) is 5.61. The molecule has 0 aliphatic heterocycles. The van der Waals surface area contributed by atoms with E-state index in [1.54, 1.807) is 0 Å². The van der Waals surface area contributed by atoms with Crippen molar-refractivity contribution < 1.29 is 4.79 Å². The summed E-state index contributed by atoms with van der Waals surface area (Å²) in [6.07, 6.45) is 1.39. The van der Waals surface area contributed by atoms with Crippen LogP contribution in [-0.2, 0) is 11.2 Å². The van der Waals surface area contributed by atoms with Crippen LogP contribution in [0.25, 0.3) is 0 Å². The number of benzene rings is 2. The zero-order valence-electron chi connectivity index (χ0n) is 14.6. The molecule has 0 aliphatic rings. The summed E-state index contributed by atoms with van der Waals surface area (Å²) in [6, 6.07) is 12.0. The average Bonchev–Trinajstić information content (AvgIpc) is 2.52. The minimum atomic E-state index is 0.0454. The van der Waals surface area contributed by atoms with Gasteiger partial charge in [-0.15, -0.1) is 0 Å². The molecule has 2 N–H and O–H groups in total. The molecule has 0 saturated heterocycles. The number of aryl methyl sites for hydroxylation is 3. The molecule has 2 aromatic rings. The lowest BCUT2D eigenvalue weighted by Crippen LogP contribution is -2.24. The lowest BCUT2D eigenvalue weighted by atomic mass is 10.1. The number of nitrogens with one attached hydrogen (secondary N) is 2. The summed E-state index contributed by atoms with van der Waals surface area (Å²) in [5, 5.41) is 7.09. The van der Waals surface area contributed by atoms with Gasteiger partial charge >= 0.3 is 0 Å². The van der Waals surface area contributed by atoms with Crippen molar-refractivity contribution in [1.82, 2.24) is 5.32 Å². The first-order chi connectivity index (χ1) is 11.5. The Morgan fingerprint density at radius 1 is 1.00 bits per heavy atom. The molecular weight excluding hydrogens is 320 g/mol. The maximum Gasteiger partial charge on any atom is 0.225 e. The van der Waals surface area contributed by atoms with E-state index in [2.05, 4.69) is 29.7 Å². The van der Waals surface area contributed by atoms with Gasteiger partial charge < -0.3 is 10.6 Å². The van der Waals surface area contributed by atoms with Gasteiger partial charge in [-0.2, -0.15) is 0 Å². The van der Waals surface area contributed by atoms with E-state index in [0.717, 1.165) is 34.8 Å². The second-order valence-corrected chi connectivity index (χ2v) is 6.63. The van der Waals surface area contributed by atoms with Crippen LogP contribution in [0, 0.1) is 20.8 Å². The van der Waals surface area contributed by atoms with Gasteiger partial charge in [0.15, 0.2) is 0 Å². The monoisotopic (exact) mass is 344 g/mol. The number of hydrogen-bond donors (Lipinski definition) is 2. The standard InChI is InChI=1S/C20H25ClN2O/c1-14-12-15(2)20(16(3)13-14)23-19(24)9-11-22-10-8-17-4-6-18(21)7-5-17/h4-7,12-13,22H,8-11H2,1-3H3,(H,23,24). The Bertz CT molecular complexity index is 672. The van der Waals surface area contributed by atoms with Gasteiger partial charge in [0.1, 0.15) is 0 Å². The maximum absolute atomic E-state index is 12.1. The lowest BCUT2D eigenvalue weighted by Gasteiger charge is -2.13. The third-order valence-electron chi connectivity index (χ3n) is 3.97. The van der Waals surface area contributed by atoms with E-state index >= 15 is 0 Å². The summed E-state index contributed by atoms with van der Waals surface area (Å²) >= 11 is 5.87. The van der Waals surface area contributed by atoms with E-state index in [0.29, 0.717) is 13.0 Å². The normalized spacial score (nSPS) is 10.7. The van der Waals surface area contributed by atoms with Crippen molar-refractivity contribution in [2.45, 2.75) is 33.6 Å². The molecule has 0 unspecified atom stereocenters. The number of halogens is 1. The second kappa shape index (κ2) is 8.86. The van der Waals surface area contributed by atoms with Gasteiger partial charge in [-0.25, -0.2) is 0 Å². The summed E-state index contributed by atoms with van der Waals surface area (Å²) in [4.78, 5) is 12.1. The zero-order chi connectivity index (χ0) is 17.5. The molecule has 1 amide bonds. The predicted molar refractivity (Wildman–Crippen MR) is 102 cm³/mol. The Morgan fingerprint density at radius 3 is 2.25 bits per heavy atom. The van der Waals surface area contributed by atoms with E-state index in [4.69, 9.17) is 11.6 Å². The molecule has 24 heavy (non-hydrogen) atoms. The first-order valence-electron chi connectivity index (χ1n) is 8.28. The van der Waals surface area contributed by atoms with Gasteiger partial charge in [-0.05, 0) is 62.6 Å². The van der Waals surface area contributed by atoms with Crippen LogP contribution in [0.15, 0.2) is 36.4 Å². The summed E-state index contributed by atoms with van der Waals surface area (Å²) in [6.45, 7) is 7.64. The van der Waals surface area contributed by atoms with Gasteiger partial charge in [0.05, 0.1) is 0 Å². The Kier molecular flexibility index (Phi) is 6.83. The highest BCUT2D eigenvalue weighted by atomic mass is 35.5. The first kappa shape index (κ1) is 18.5. The molecule has 0 atom stereocenters. The molecule has 0 radical (unpaired) electrons. The predicted octanol–water partition coefficient (Wildman–Crippen LogP) is 4.43. The topological polar surface area (TPSA) is 41.1 Å². The number of rotatable bonds is 7. The third kappa shape index (κ3) is 5.66. The van der Waals surface area contributed by atoms with Crippen LogP contribution in [0.2, 0.25) is 5.02 Å². The van der Waals surface area contributed by atoms with Crippen LogP contribution in [0.5, 0.6) is 0 Å². The van der Waals surface area contributed by atoms with Crippen LogP contribution in [0.1, 0.15) is 28.7 Å². The fourth-order valence-electron chi connectivity index (χ4n) is 2.79. The van der Waals surface area contributed by atoms with Crippen LogP contribution < -0.4 is 10.6 Å². The smallest absolute Gasteiger partial charge is 0.225 e. The van der Waals surface area contributed by atoms with Crippen molar-refractivity contribution in [2.24, 2.45) is 0 Å². The molecule has 0 aromatic heterocycles. The number of amides is 1. The van der Waals surface area contributed by atoms with Crippen LogP contribution >= 0.6 is 11.6 Å². The molecule has 0 spiro atoms. The Balaban J connectivity index is 1.71. The molecule has 0 aliphatic carbocycles. The zero-order valence-corrected chi connectivity index (χ0v) is 15.3. The minimum absolute atomic E-state index is 0.0454. The largest absolute Gasteiger partial charge is 0.326 e. The van der Waals surface area contributed by atoms with E-state index in [1.807, 2.05) is 38.1 Å². The number of anilines is 1. The molecule has 2 aromatic carbocycles. The molecule has 2 rings (SSSR count). The van der Waals surface area contributed by atoms with Crippen molar-refractivity contribution in [2.75, 3.05) is 18.4 Å². The van der Waals surface area contributed by atoms with Crippen molar-refractivity contribution in [3.05, 3.63) is 63.7 Å². The number of carbonyl (C=O) groups is 1. The average molecular weight is 345 g/mol. The van der Waals surface area contributed by atoms with Crippen molar-refractivity contribution in [3.63, 3.8) is 0 Å². The highest BCUT2D eigenvalue weighted by molar-refractivity contribution is 6.30. The van der Waals surface area contributed by atoms with Gasteiger partial charge in [0.25, 0.3) is 0 Å². The molecule has 0 bridgehead atoms. The Morgan fingerprint density at radius 2 is 1.62 bits per heavy atom. The SMILES string of the molecule is Cc1cc(C)c(NC(=O)CCNCCc2ccc(Cl)cc2)c(C)c1. The minimum Gasteiger partial charge on any atom is -0.326 e. The van der Waals surface area contributed by atoms with Crippen molar-refractivity contribution in [1.29, 1.82) is 0 Å². The molecular formula is C20H25ClN2O. The highest BCUT2D eigenvalue weighted by Crippen LogP contribution is 2.21. The van der Waals surface area contributed by atoms with E-state index in [-0.39, 0.29) is 5.91 Å². The molecule has 0 saturated carbocycles. The first-order valence-corrected chi connectivity index (χ1v) is 8.66. The van der Waals surface area contributed by atoms with E-state index in [1.165, 1.54) is 11.1 Å². The molecule has 4 heteroatoms. The van der Waals surface area contributed by atoms with E-state index < -0.39 is 0 Å². The Labute approximate surface area is 149 Å². The van der Waals surface area contributed by atoms with E-state index in [9.17, 15) is 4.79 Å². The van der Waals surface area contributed by atoms with Crippen molar-refractivity contribution in [3.8, 4) is 0 Å². The fourth-order valence-corrected chi connectivity index (χ4v) is 2.92. The summed E-state index contributed by atoms with van der Waals surface area (Å²) < 4.78 is 0. The lowest BCUT2D eigenvalue weighted by molar-refractivity contribution is -0.116. The second-order valence-electron chi connectivity index (χ2n) is 6.20. The molecule has 0 fully saturated rings. The third-order valence-corrected chi connectivity index (χ3v) is 4.23. The Hall–Kier alpha value is -1.84. The number of hydrogen-bond acceptors (Lipinski definition) is 2. The number of carbonyl (C=O) groups excluding carboxylic acids is 1. The van der Waals surface area contributed by atoms with Gasteiger partial charge in [0.2, 0.25) is 5.91 Å². The van der Waals surface area contributed by atoms with Crippen LogP contribution in [-0.4, -0.2) is 19.0 Å². The highest BCUT2D eigenvalue weighted by Gasteiger charge is 2.08. The van der Waals surface area contributed by atoms with Gasteiger partial charge in [0, 0.05) is 23.7 Å². The molecule has 128 valence electrons. The summed E-state index contributed by atoms with van der Waals surface area (Å²) in [5.74, 6) is 0.0454. The fraction of sp³-hybridized carbons (Fsp3) is 0.350. The van der Waals surface area contributed by atoms with Crippen LogP contribution in [0.3, 0.4) is 0 Å². The van der Waals surface area contributed by atoms with Gasteiger partial charge in [-0.3, -0.25) is 4.79 Å². The molecule has 0 heterocycles. The van der Waals surface area contributed by atoms with Crippen LogP contribution in [0.4, 0.5) is 5.69 Å². The molecule has 3 nitrogen and oxygen atoms in total. The summed E-state index contributed by atoms with van der Waals surface area (Å²) in [7, 11) is 0.